The summed E-state index contributed by atoms with van der Waals surface area (Å²) in [5.74, 6) is -0.583. The highest BCUT2D eigenvalue weighted by atomic mass is 32.1. The molecule has 1 saturated heterocycles. The molecule has 164 valence electrons. The Kier molecular flexibility index (Phi) is 6.29. The van der Waals surface area contributed by atoms with Crippen molar-refractivity contribution in [1.82, 2.24) is 4.90 Å². The number of nitro groups is 1. The van der Waals surface area contributed by atoms with E-state index in [4.69, 9.17) is 4.74 Å². The summed E-state index contributed by atoms with van der Waals surface area (Å²) in [6, 6.07) is 15.1. The molecule has 0 bridgehead atoms. The maximum atomic E-state index is 13.4. The smallest absolute Gasteiger partial charge is 0.269 e. The third-order valence-electron chi connectivity index (χ3n) is 5.26. The molecule has 0 radical (unpaired) electrons. The van der Waals surface area contributed by atoms with Crippen LogP contribution >= 0.6 is 11.3 Å². The number of anilines is 1. The van der Waals surface area contributed by atoms with Gasteiger partial charge in [0.25, 0.3) is 17.5 Å². The second-order valence-corrected chi connectivity index (χ2v) is 8.31. The number of benzene rings is 2. The van der Waals surface area contributed by atoms with E-state index in [9.17, 15) is 19.7 Å². The third kappa shape index (κ3) is 4.39. The summed E-state index contributed by atoms with van der Waals surface area (Å²) in [4.78, 5) is 39.2. The highest BCUT2D eigenvalue weighted by Crippen LogP contribution is 2.40. The van der Waals surface area contributed by atoms with Gasteiger partial charge in [0.1, 0.15) is 5.00 Å². The monoisotopic (exact) mass is 451 g/mol. The molecule has 1 fully saturated rings. The van der Waals surface area contributed by atoms with Crippen molar-refractivity contribution in [3.05, 3.63) is 81.4 Å². The van der Waals surface area contributed by atoms with Gasteiger partial charge in [-0.2, -0.15) is 0 Å². The highest BCUT2D eigenvalue weighted by Gasteiger charge is 2.28. The van der Waals surface area contributed by atoms with Crippen LogP contribution in [-0.2, 0) is 4.74 Å². The number of nitro benzene ring substituents is 1. The summed E-state index contributed by atoms with van der Waals surface area (Å²) >= 11 is 1.34. The quantitative estimate of drug-likeness (QED) is 0.459. The van der Waals surface area contributed by atoms with E-state index in [1.165, 1.54) is 35.6 Å². The van der Waals surface area contributed by atoms with Gasteiger partial charge in [0.2, 0.25) is 0 Å². The number of rotatable bonds is 5. The summed E-state index contributed by atoms with van der Waals surface area (Å²) in [6.07, 6.45) is 0. The molecule has 1 N–H and O–H groups in total. The number of non-ortho nitro benzene ring substituents is 1. The van der Waals surface area contributed by atoms with Crippen LogP contribution < -0.4 is 5.32 Å². The lowest BCUT2D eigenvalue weighted by Gasteiger charge is -2.27. The molecule has 1 aliphatic rings. The molecule has 2 heterocycles. The van der Waals surface area contributed by atoms with Crippen LogP contribution in [-0.4, -0.2) is 47.9 Å². The Hall–Kier alpha value is -3.56. The van der Waals surface area contributed by atoms with Gasteiger partial charge in [-0.1, -0.05) is 30.3 Å². The lowest BCUT2D eigenvalue weighted by Crippen LogP contribution is -2.41. The standard InChI is InChI=1S/C23H21N3O5S/c1-15-19(23(28)25-11-13-31-14-12-25)22(32-20(15)16-5-3-2-4-6-16)24-21(27)17-7-9-18(10-8-17)26(29)30/h2-10H,11-14H2,1H3,(H,24,27). The van der Waals surface area contributed by atoms with Gasteiger partial charge in [0.05, 0.1) is 23.7 Å². The first-order chi connectivity index (χ1) is 15.5. The van der Waals surface area contributed by atoms with Gasteiger partial charge in [-0.15, -0.1) is 11.3 Å². The minimum atomic E-state index is -0.518. The Labute approximate surface area is 188 Å². The normalized spacial score (nSPS) is 13.6. The molecule has 32 heavy (non-hydrogen) atoms. The maximum Gasteiger partial charge on any atom is 0.269 e. The van der Waals surface area contributed by atoms with Gasteiger partial charge in [-0.3, -0.25) is 19.7 Å². The predicted molar refractivity (Wildman–Crippen MR) is 122 cm³/mol. The van der Waals surface area contributed by atoms with E-state index in [0.717, 1.165) is 16.0 Å². The van der Waals surface area contributed by atoms with Crippen molar-refractivity contribution in [3.8, 4) is 10.4 Å². The SMILES string of the molecule is Cc1c(-c2ccccc2)sc(NC(=O)c2ccc([N+](=O)[O-])cc2)c1C(=O)N1CCOCC1. The van der Waals surface area contributed by atoms with Crippen LogP contribution in [0.25, 0.3) is 10.4 Å². The van der Waals surface area contributed by atoms with E-state index >= 15 is 0 Å². The summed E-state index contributed by atoms with van der Waals surface area (Å²) < 4.78 is 5.36. The number of carbonyl (C=O) groups excluding carboxylic acids is 2. The van der Waals surface area contributed by atoms with Crippen LogP contribution in [0.4, 0.5) is 10.7 Å². The van der Waals surface area contributed by atoms with Crippen molar-refractivity contribution in [2.24, 2.45) is 0 Å². The van der Waals surface area contributed by atoms with Crippen LogP contribution in [0.3, 0.4) is 0 Å². The fourth-order valence-corrected chi connectivity index (χ4v) is 4.76. The molecular weight excluding hydrogens is 430 g/mol. The molecule has 0 unspecified atom stereocenters. The van der Waals surface area contributed by atoms with Crippen LogP contribution in [0.1, 0.15) is 26.3 Å². The molecule has 0 atom stereocenters. The number of amides is 2. The molecule has 0 saturated carbocycles. The van der Waals surface area contributed by atoms with Crippen molar-refractivity contribution in [2.45, 2.75) is 6.92 Å². The zero-order chi connectivity index (χ0) is 22.7. The zero-order valence-electron chi connectivity index (χ0n) is 17.4. The van der Waals surface area contributed by atoms with E-state index in [1.807, 2.05) is 37.3 Å². The Morgan fingerprint density at radius 1 is 1.06 bits per heavy atom. The maximum absolute atomic E-state index is 13.4. The van der Waals surface area contributed by atoms with Gasteiger partial charge in [-0.05, 0) is 30.2 Å². The predicted octanol–water partition coefficient (Wildman–Crippen LogP) is 4.36. The van der Waals surface area contributed by atoms with E-state index < -0.39 is 10.8 Å². The lowest BCUT2D eigenvalue weighted by atomic mass is 10.1. The number of nitrogens with one attached hydrogen (secondary N) is 1. The molecule has 9 heteroatoms. The molecule has 1 aliphatic heterocycles. The van der Waals surface area contributed by atoms with Crippen LogP contribution in [0.2, 0.25) is 0 Å². The van der Waals surface area contributed by atoms with Crippen molar-refractivity contribution in [1.29, 1.82) is 0 Å². The molecule has 2 aromatic carbocycles. The largest absolute Gasteiger partial charge is 0.378 e. The van der Waals surface area contributed by atoms with Crippen molar-refractivity contribution >= 4 is 33.8 Å². The average molecular weight is 452 g/mol. The molecule has 2 amide bonds. The van der Waals surface area contributed by atoms with E-state index in [-0.39, 0.29) is 17.2 Å². The van der Waals surface area contributed by atoms with Gasteiger partial charge < -0.3 is 15.0 Å². The topological polar surface area (TPSA) is 102 Å². The van der Waals surface area contributed by atoms with Crippen LogP contribution in [0.15, 0.2) is 54.6 Å². The van der Waals surface area contributed by atoms with Gasteiger partial charge in [0, 0.05) is 35.7 Å². The van der Waals surface area contributed by atoms with Gasteiger partial charge >= 0.3 is 0 Å². The van der Waals surface area contributed by atoms with Crippen molar-refractivity contribution in [2.75, 3.05) is 31.6 Å². The minimum absolute atomic E-state index is 0.0944. The Balaban J connectivity index is 1.70. The van der Waals surface area contributed by atoms with E-state index in [2.05, 4.69) is 5.32 Å². The zero-order valence-corrected chi connectivity index (χ0v) is 18.2. The molecule has 0 aliphatic carbocycles. The number of ether oxygens (including phenoxy) is 1. The molecule has 3 aromatic rings. The minimum Gasteiger partial charge on any atom is -0.378 e. The molecule has 8 nitrogen and oxygen atoms in total. The fourth-order valence-electron chi connectivity index (χ4n) is 3.56. The second kappa shape index (κ2) is 9.29. The summed E-state index contributed by atoms with van der Waals surface area (Å²) in [6.45, 7) is 3.82. The molecular formula is C23H21N3O5S. The van der Waals surface area contributed by atoms with Crippen molar-refractivity contribution < 1.29 is 19.2 Å². The number of hydrogen-bond donors (Lipinski definition) is 1. The molecule has 4 rings (SSSR count). The highest BCUT2D eigenvalue weighted by molar-refractivity contribution is 7.20. The van der Waals surface area contributed by atoms with Gasteiger partial charge in [0.15, 0.2) is 0 Å². The number of morpholine rings is 1. The second-order valence-electron chi connectivity index (χ2n) is 7.29. The Morgan fingerprint density at radius 2 is 1.72 bits per heavy atom. The fraction of sp³-hybridized carbons (Fsp3) is 0.217. The summed E-state index contributed by atoms with van der Waals surface area (Å²) in [7, 11) is 0. The van der Waals surface area contributed by atoms with Gasteiger partial charge in [-0.25, -0.2) is 0 Å². The van der Waals surface area contributed by atoms with Crippen LogP contribution in [0.5, 0.6) is 0 Å². The molecule has 0 spiro atoms. The molecule has 1 aromatic heterocycles. The first-order valence-electron chi connectivity index (χ1n) is 10.1. The lowest BCUT2D eigenvalue weighted by molar-refractivity contribution is -0.384. The third-order valence-corrected chi connectivity index (χ3v) is 6.52. The first kappa shape index (κ1) is 21.7. The summed E-state index contributed by atoms with van der Waals surface area (Å²) in [5, 5.41) is 14.2. The summed E-state index contributed by atoms with van der Waals surface area (Å²) in [5.41, 5.74) is 2.40. The van der Waals surface area contributed by atoms with Crippen molar-refractivity contribution in [3.63, 3.8) is 0 Å². The Bertz CT molecular complexity index is 1150. The number of thiophene rings is 1. The van der Waals surface area contributed by atoms with E-state index in [1.54, 1.807) is 4.90 Å². The van der Waals surface area contributed by atoms with E-state index in [0.29, 0.717) is 36.9 Å². The van der Waals surface area contributed by atoms with Crippen LogP contribution in [0, 0.1) is 17.0 Å². The number of carbonyl (C=O) groups is 2. The number of hydrogen-bond acceptors (Lipinski definition) is 6. The Morgan fingerprint density at radius 3 is 2.34 bits per heavy atom. The first-order valence-corrected chi connectivity index (χ1v) is 10.9. The average Bonchev–Trinajstić information content (AvgIpc) is 3.15. The number of nitrogens with zero attached hydrogens (tertiary/aromatic N) is 2.